The zero-order chi connectivity index (χ0) is 12.3. The van der Waals surface area contributed by atoms with Crippen LogP contribution < -0.4 is 9.47 Å². The van der Waals surface area contributed by atoms with E-state index in [4.69, 9.17) is 9.47 Å². The number of benzene rings is 1. The first kappa shape index (κ1) is 13.0. The van der Waals surface area contributed by atoms with Crippen LogP contribution in [0.4, 0.5) is 0 Å². The zero-order valence-corrected chi connectivity index (χ0v) is 10.9. The number of halogens is 1. The van der Waals surface area contributed by atoms with E-state index < -0.39 is 5.60 Å². The quantitative estimate of drug-likeness (QED) is 0.860. The normalized spacial score (nSPS) is 14.1. The van der Waals surface area contributed by atoms with Gasteiger partial charge in [-0.3, -0.25) is 4.79 Å². The highest BCUT2D eigenvalue weighted by molar-refractivity contribution is 9.10. The minimum absolute atomic E-state index is 0.386. The average Bonchev–Trinajstić information content (AvgIpc) is 2.28. The van der Waals surface area contributed by atoms with Gasteiger partial charge in [-0.1, -0.05) is 0 Å². The molecular weight excluding hydrogens is 276 g/mol. The summed E-state index contributed by atoms with van der Waals surface area (Å²) < 4.78 is 10.8. The summed E-state index contributed by atoms with van der Waals surface area (Å²) in [5.41, 5.74) is -1.20. The van der Waals surface area contributed by atoms with Crippen LogP contribution in [0.1, 0.15) is 12.5 Å². The second-order valence-electron chi connectivity index (χ2n) is 3.43. The van der Waals surface area contributed by atoms with Gasteiger partial charge in [0.25, 0.3) is 0 Å². The summed E-state index contributed by atoms with van der Waals surface area (Å²) in [6, 6.07) is 3.25. The first-order valence-corrected chi connectivity index (χ1v) is 5.37. The van der Waals surface area contributed by atoms with Gasteiger partial charge in [0.15, 0.2) is 6.29 Å². The second-order valence-corrected chi connectivity index (χ2v) is 4.22. The van der Waals surface area contributed by atoms with E-state index in [-0.39, 0.29) is 0 Å². The number of hydrogen-bond donors (Lipinski definition) is 1. The first-order valence-electron chi connectivity index (χ1n) is 4.57. The Kier molecular flexibility index (Phi) is 3.93. The van der Waals surface area contributed by atoms with Crippen LogP contribution >= 0.6 is 15.9 Å². The van der Waals surface area contributed by atoms with E-state index in [0.717, 1.165) is 0 Å². The molecule has 1 aromatic carbocycles. The minimum atomic E-state index is -1.58. The lowest BCUT2D eigenvalue weighted by atomic mass is 9.96. The maximum Gasteiger partial charge on any atom is 0.155 e. The van der Waals surface area contributed by atoms with Gasteiger partial charge in [0.1, 0.15) is 21.6 Å². The summed E-state index contributed by atoms with van der Waals surface area (Å²) in [7, 11) is 2.99. The van der Waals surface area contributed by atoms with E-state index in [1.165, 1.54) is 21.1 Å². The van der Waals surface area contributed by atoms with Crippen LogP contribution in [-0.4, -0.2) is 25.6 Å². The monoisotopic (exact) mass is 288 g/mol. The molecule has 0 aliphatic heterocycles. The molecule has 1 aromatic rings. The molecule has 0 amide bonds. The van der Waals surface area contributed by atoms with Crippen molar-refractivity contribution >= 4 is 22.2 Å². The van der Waals surface area contributed by atoms with E-state index in [1.54, 1.807) is 12.1 Å². The lowest BCUT2D eigenvalue weighted by molar-refractivity contribution is -0.123. The molecule has 1 rings (SSSR count). The van der Waals surface area contributed by atoms with Gasteiger partial charge in [0.2, 0.25) is 0 Å². The van der Waals surface area contributed by atoms with Crippen molar-refractivity contribution in [1.82, 2.24) is 0 Å². The van der Waals surface area contributed by atoms with Crippen LogP contribution in [0.15, 0.2) is 16.6 Å². The van der Waals surface area contributed by atoms with Gasteiger partial charge in [0, 0.05) is 5.56 Å². The Hall–Kier alpha value is -1.07. The molecule has 16 heavy (non-hydrogen) atoms. The van der Waals surface area contributed by atoms with Gasteiger partial charge >= 0.3 is 0 Å². The Labute approximate surface area is 102 Å². The molecule has 0 fully saturated rings. The number of rotatable bonds is 4. The maximum atomic E-state index is 10.8. The van der Waals surface area contributed by atoms with Crippen LogP contribution in [0, 0.1) is 0 Å². The molecule has 0 saturated heterocycles. The molecule has 88 valence electrons. The Balaban J connectivity index is 3.42. The molecule has 0 radical (unpaired) electrons. The Bertz CT molecular complexity index is 401. The van der Waals surface area contributed by atoms with E-state index in [9.17, 15) is 9.90 Å². The summed E-state index contributed by atoms with van der Waals surface area (Å²) in [5, 5.41) is 9.88. The van der Waals surface area contributed by atoms with Crippen LogP contribution in [-0.2, 0) is 10.4 Å². The summed E-state index contributed by atoms with van der Waals surface area (Å²) in [4.78, 5) is 10.8. The molecule has 0 aliphatic carbocycles. The summed E-state index contributed by atoms with van der Waals surface area (Å²) in [6.45, 7) is 1.40. The molecule has 0 bridgehead atoms. The van der Waals surface area contributed by atoms with Crippen LogP contribution in [0.3, 0.4) is 0 Å². The minimum Gasteiger partial charge on any atom is -0.495 e. The fourth-order valence-electron chi connectivity index (χ4n) is 1.36. The number of methoxy groups -OCH3 is 2. The Morgan fingerprint density at radius 2 is 2.00 bits per heavy atom. The number of carbonyl (C=O) groups is 1. The number of hydrogen-bond acceptors (Lipinski definition) is 4. The third-order valence-electron chi connectivity index (χ3n) is 2.26. The average molecular weight is 289 g/mol. The first-order chi connectivity index (χ1) is 7.47. The van der Waals surface area contributed by atoms with Gasteiger partial charge in [-0.25, -0.2) is 0 Å². The summed E-state index contributed by atoms with van der Waals surface area (Å²) in [6.07, 6.45) is 0.462. The number of aldehydes is 1. The predicted molar refractivity (Wildman–Crippen MR) is 62.9 cm³/mol. The fourth-order valence-corrected chi connectivity index (χ4v) is 2.03. The molecular formula is C11H13BrO4. The van der Waals surface area contributed by atoms with Crippen molar-refractivity contribution in [3.05, 3.63) is 22.2 Å². The lowest BCUT2D eigenvalue weighted by Gasteiger charge is -2.21. The van der Waals surface area contributed by atoms with Crippen molar-refractivity contribution in [2.45, 2.75) is 12.5 Å². The molecule has 0 aromatic heterocycles. The van der Waals surface area contributed by atoms with Crippen molar-refractivity contribution in [1.29, 1.82) is 0 Å². The van der Waals surface area contributed by atoms with Crippen LogP contribution in [0.5, 0.6) is 11.5 Å². The molecule has 1 atom stereocenters. The highest BCUT2D eigenvalue weighted by Crippen LogP contribution is 2.40. The highest BCUT2D eigenvalue weighted by Gasteiger charge is 2.28. The second kappa shape index (κ2) is 4.84. The number of ether oxygens (including phenoxy) is 2. The van der Waals surface area contributed by atoms with E-state index in [1.807, 2.05) is 0 Å². The van der Waals surface area contributed by atoms with Gasteiger partial charge in [-0.15, -0.1) is 0 Å². The van der Waals surface area contributed by atoms with E-state index in [0.29, 0.717) is 27.8 Å². The van der Waals surface area contributed by atoms with Crippen molar-refractivity contribution < 1.29 is 19.4 Å². The molecule has 0 saturated carbocycles. The topological polar surface area (TPSA) is 55.8 Å². The van der Waals surface area contributed by atoms with Crippen LogP contribution in [0.2, 0.25) is 0 Å². The smallest absolute Gasteiger partial charge is 0.155 e. The van der Waals surface area contributed by atoms with Gasteiger partial charge in [0.05, 0.1) is 14.2 Å². The Morgan fingerprint density at radius 1 is 1.38 bits per heavy atom. The lowest BCUT2D eigenvalue weighted by Crippen LogP contribution is -2.23. The van der Waals surface area contributed by atoms with E-state index >= 15 is 0 Å². The van der Waals surface area contributed by atoms with Crippen LogP contribution in [0.25, 0.3) is 0 Å². The third-order valence-corrected chi connectivity index (χ3v) is 3.01. The summed E-state index contributed by atoms with van der Waals surface area (Å²) >= 11 is 3.30. The van der Waals surface area contributed by atoms with Gasteiger partial charge in [-0.2, -0.15) is 0 Å². The van der Waals surface area contributed by atoms with Crippen molar-refractivity contribution in [2.75, 3.05) is 14.2 Å². The van der Waals surface area contributed by atoms with Gasteiger partial charge in [-0.05, 0) is 35.0 Å². The molecule has 0 aliphatic rings. The maximum absolute atomic E-state index is 10.8. The molecule has 5 heteroatoms. The third kappa shape index (κ3) is 2.20. The highest BCUT2D eigenvalue weighted by atomic mass is 79.9. The molecule has 4 nitrogen and oxygen atoms in total. The zero-order valence-electron chi connectivity index (χ0n) is 9.28. The van der Waals surface area contributed by atoms with Crippen molar-refractivity contribution in [3.8, 4) is 11.5 Å². The standard InChI is InChI=1S/C11H13BrO4/c1-11(14,6-13)7-4-5-8(15-2)9(12)10(7)16-3/h4-6,14H,1-3H3. The van der Waals surface area contributed by atoms with Gasteiger partial charge < -0.3 is 14.6 Å². The number of aliphatic hydroxyl groups is 1. The Morgan fingerprint density at radius 3 is 2.44 bits per heavy atom. The van der Waals surface area contributed by atoms with Crippen molar-refractivity contribution in [3.63, 3.8) is 0 Å². The number of carbonyl (C=O) groups excluding carboxylic acids is 1. The van der Waals surface area contributed by atoms with E-state index in [2.05, 4.69) is 15.9 Å². The SMILES string of the molecule is COc1ccc(C(C)(O)C=O)c(OC)c1Br. The molecule has 0 heterocycles. The summed E-state index contributed by atoms with van der Waals surface area (Å²) in [5.74, 6) is 0.957. The van der Waals surface area contributed by atoms with Crippen molar-refractivity contribution in [2.24, 2.45) is 0 Å². The fraction of sp³-hybridized carbons (Fsp3) is 0.364. The predicted octanol–water partition coefficient (Wildman–Crippen LogP) is 1.87. The molecule has 1 N–H and O–H groups in total. The molecule has 1 unspecified atom stereocenters. The molecule has 0 spiro atoms. The largest absolute Gasteiger partial charge is 0.495 e.